The highest BCUT2D eigenvalue weighted by molar-refractivity contribution is 7.13. The summed E-state index contributed by atoms with van der Waals surface area (Å²) in [5.74, 6) is 0. The molecule has 74 valence electrons. The molecular weight excluding hydrogens is 196 g/mol. The van der Waals surface area contributed by atoms with E-state index in [4.69, 9.17) is 0 Å². The third-order valence-corrected chi connectivity index (χ3v) is 2.87. The number of aromatic nitrogens is 2. The van der Waals surface area contributed by atoms with Crippen molar-refractivity contribution in [1.82, 2.24) is 9.97 Å². The first-order valence-corrected chi connectivity index (χ1v) is 5.27. The van der Waals surface area contributed by atoms with Crippen LogP contribution in [0.25, 0.3) is 10.6 Å². The number of hydrogen-bond acceptors (Lipinski definition) is 3. The van der Waals surface area contributed by atoms with Crippen molar-refractivity contribution < 1.29 is 5.11 Å². The van der Waals surface area contributed by atoms with Gasteiger partial charge in [0.2, 0.25) is 0 Å². The summed E-state index contributed by atoms with van der Waals surface area (Å²) in [7, 11) is 0. The highest BCUT2D eigenvalue weighted by Crippen LogP contribution is 2.28. The maximum atomic E-state index is 9.74. The van der Waals surface area contributed by atoms with Gasteiger partial charge in [-0.3, -0.25) is 0 Å². The normalized spacial score (nSPS) is 11.9. The molecule has 2 N–H and O–H groups in total. The lowest BCUT2D eigenvalue weighted by molar-refractivity contribution is 0.0746. The molecule has 2 aromatic rings. The van der Waals surface area contributed by atoms with Crippen LogP contribution in [0, 0.1) is 0 Å². The molecule has 4 heteroatoms. The van der Waals surface area contributed by atoms with Gasteiger partial charge in [0.15, 0.2) is 0 Å². The van der Waals surface area contributed by atoms with E-state index in [9.17, 15) is 5.11 Å². The van der Waals surface area contributed by atoms with E-state index in [1.54, 1.807) is 25.2 Å². The molecule has 2 rings (SSSR count). The van der Waals surface area contributed by atoms with Gasteiger partial charge in [-0.25, -0.2) is 4.98 Å². The molecule has 2 heterocycles. The quantitative estimate of drug-likeness (QED) is 0.796. The van der Waals surface area contributed by atoms with Gasteiger partial charge in [0.1, 0.15) is 10.6 Å². The van der Waals surface area contributed by atoms with Crippen molar-refractivity contribution in [2.24, 2.45) is 0 Å². The molecule has 0 saturated heterocycles. The summed E-state index contributed by atoms with van der Waals surface area (Å²) in [4.78, 5) is 7.35. The van der Waals surface area contributed by atoms with Gasteiger partial charge in [0.05, 0.1) is 5.69 Å². The number of rotatable bonds is 2. The molecule has 0 radical (unpaired) electrons. The number of aromatic amines is 1. The number of H-pyrrole nitrogens is 1. The first kappa shape index (κ1) is 9.43. The van der Waals surface area contributed by atoms with Crippen LogP contribution in [-0.2, 0) is 5.60 Å². The lowest BCUT2D eigenvalue weighted by Crippen LogP contribution is -2.15. The number of nitrogens with one attached hydrogen (secondary N) is 1. The van der Waals surface area contributed by atoms with E-state index in [1.807, 2.05) is 23.8 Å². The molecule has 0 spiro atoms. The Bertz CT molecular complexity index is 412. The SMILES string of the molecule is CC(C)(O)c1csc(-c2cc[nH]c2)n1. The zero-order valence-corrected chi connectivity index (χ0v) is 8.93. The van der Waals surface area contributed by atoms with Crippen molar-refractivity contribution >= 4 is 11.3 Å². The predicted octanol–water partition coefficient (Wildman–Crippen LogP) is 2.37. The van der Waals surface area contributed by atoms with Crippen LogP contribution in [0.5, 0.6) is 0 Å². The van der Waals surface area contributed by atoms with Gasteiger partial charge in [-0.1, -0.05) is 0 Å². The molecule has 3 nitrogen and oxygen atoms in total. The number of aliphatic hydroxyl groups is 1. The van der Waals surface area contributed by atoms with Crippen molar-refractivity contribution in [1.29, 1.82) is 0 Å². The molecule has 0 atom stereocenters. The van der Waals surface area contributed by atoms with Gasteiger partial charge in [-0.2, -0.15) is 0 Å². The second kappa shape index (κ2) is 3.22. The fourth-order valence-corrected chi connectivity index (χ4v) is 2.12. The van der Waals surface area contributed by atoms with E-state index >= 15 is 0 Å². The summed E-state index contributed by atoms with van der Waals surface area (Å²) in [6.45, 7) is 3.48. The molecule has 0 amide bonds. The average Bonchev–Trinajstić information content (AvgIpc) is 2.73. The molecule has 0 aliphatic carbocycles. The van der Waals surface area contributed by atoms with Crippen LogP contribution in [0.3, 0.4) is 0 Å². The minimum atomic E-state index is -0.856. The Balaban J connectivity index is 2.36. The third kappa shape index (κ3) is 1.71. The van der Waals surface area contributed by atoms with Crippen LogP contribution in [0.4, 0.5) is 0 Å². The Morgan fingerprint density at radius 1 is 1.50 bits per heavy atom. The van der Waals surface area contributed by atoms with Crippen LogP contribution >= 0.6 is 11.3 Å². The van der Waals surface area contributed by atoms with Crippen LogP contribution in [0.15, 0.2) is 23.8 Å². The van der Waals surface area contributed by atoms with E-state index in [-0.39, 0.29) is 0 Å². The second-order valence-electron chi connectivity index (χ2n) is 3.70. The summed E-state index contributed by atoms with van der Waals surface area (Å²) < 4.78 is 0. The van der Waals surface area contributed by atoms with E-state index in [2.05, 4.69) is 9.97 Å². The average molecular weight is 208 g/mol. The fraction of sp³-hybridized carbons (Fsp3) is 0.300. The molecule has 0 bridgehead atoms. The van der Waals surface area contributed by atoms with Crippen molar-refractivity contribution in [3.63, 3.8) is 0 Å². The Morgan fingerprint density at radius 2 is 2.29 bits per heavy atom. The van der Waals surface area contributed by atoms with Crippen molar-refractivity contribution in [3.05, 3.63) is 29.5 Å². The van der Waals surface area contributed by atoms with Crippen molar-refractivity contribution in [3.8, 4) is 10.6 Å². The second-order valence-corrected chi connectivity index (χ2v) is 4.55. The summed E-state index contributed by atoms with van der Waals surface area (Å²) in [6.07, 6.45) is 3.76. The van der Waals surface area contributed by atoms with Crippen LogP contribution in [0.1, 0.15) is 19.5 Å². The monoisotopic (exact) mass is 208 g/mol. The summed E-state index contributed by atoms with van der Waals surface area (Å²) in [5, 5.41) is 12.6. The molecule has 14 heavy (non-hydrogen) atoms. The van der Waals surface area contributed by atoms with Gasteiger partial charge in [-0.05, 0) is 19.9 Å². The first-order chi connectivity index (χ1) is 6.57. The zero-order chi connectivity index (χ0) is 10.2. The summed E-state index contributed by atoms with van der Waals surface area (Å²) in [5.41, 5.74) is 0.926. The fourth-order valence-electron chi connectivity index (χ4n) is 1.14. The lowest BCUT2D eigenvalue weighted by Gasteiger charge is -2.12. The minimum Gasteiger partial charge on any atom is -0.384 e. The largest absolute Gasteiger partial charge is 0.384 e. The summed E-state index contributed by atoms with van der Waals surface area (Å²) in [6, 6.07) is 1.97. The van der Waals surface area contributed by atoms with Gasteiger partial charge >= 0.3 is 0 Å². The summed E-state index contributed by atoms with van der Waals surface area (Å²) >= 11 is 1.54. The molecule has 2 aromatic heterocycles. The lowest BCUT2D eigenvalue weighted by atomic mass is 10.1. The Labute approximate surface area is 86.4 Å². The molecule has 0 saturated carbocycles. The Kier molecular flexibility index (Phi) is 2.17. The topological polar surface area (TPSA) is 48.9 Å². The van der Waals surface area contributed by atoms with Crippen LogP contribution in [-0.4, -0.2) is 15.1 Å². The third-order valence-electron chi connectivity index (χ3n) is 1.98. The predicted molar refractivity (Wildman–Crippen MR) is 57.1 cm³/mol. The number of hydrogen-bond donors (Lipinski definition) is 2. The maximum absolute atomic E-state index is 9.74. The van der Waals surface area contributed by atoms with E-state index in [0.717, 1.165) is 16.3 Å². The Morgan fingerprint density at radius 3 is 2.79 bits per heavy atom. The molecule has 0 unspecified atom stereocenters. The van der Waals surface area contributed by atoms with Crippen LogP contribution in [0.2, 0.25) is 0 Å². The van der Waals surface area contributed by atoms with Crippen molar-refractivity contribution in [2.45, 2.75) is 19.4 Å². The smallest absolute Gasteiger partial charge is 0.125 e. The molecule has 0 aliphatic heterocycles. The van der Waals surface area contributed by atoms with Crippen LogP contribution < -0.4 is 0 Å². The van der Waals surface area contributed by atoms with E-state index in [0.29, 0.717) is 0 Å². The van der Waals surface area contributed by atoms with Gasteiger partial charge in [-0.15, -0.1) is 11.3 Å². The van der Waals surface area contributed by atoms with E-state index < -0.39 is 5.60 Å². The molecule has 0 fully saturated rings. The Hall–Kier alpha value is -1.13. The minimum absolute atomic E-state index is 0.721. The molecule has 0 aliphatic rings. The standard InChI is InChI=1S/C10H12N2OS/c1-10(2,13)8-6-14-9(12-8)7-3-4-11-5-7/h3-6,11,13H,1-2H3. The highest BCUT2D eigenvalue weighted by Gasteiger charge is 2.19. The number of thiazole rings is 1. The zero-order valence-electron chi connectivity index (χ0n) is 8.11. The van der Waals surface area contributed by atoms with E-state index in [1.165, 1.54) is 0 Å². The van der Waals surface area contributed by atoms with Gasteiger partial charge < -0.3 is 10.1 Å². The first-order valence-electron chi connectivity index (χ1n) is 4.39. The van der Waals surface area contributed by atoms with Crippen molar-refractivity contribution in [2.75, 3.05) is 0 Å². The highest BCUT2D eigenvalue weighted by atomic mass is 32.1. The number of nitrogens with zero attached hydrogens (tertiary/aromatic N) is 1. The molecule has 0 aromatic carbocycles. The molecular formula is C10H12N2OS. The van der Waals surface area contributed by atoms with Gasteiger partial charge in [0, 0.05) is 23.3 Å². The maximum Gasteiger partial charge on any atom is 0.125 e. The van der Waals surface area contributed by atoms with Gasteiger partial charge in [0.25, 0.3) is 0 Å².